The van der Waals surface area contributed by atoms with E-state index in [0.29, 0.717) is 17.3 Å². The van der Waals surface area contributed by atoms with Crippen LogP contribution in [0.25, 0.3) is 11.3 Å². The summed E-state index contributed by atoms with van der Waals surface area (Å²) >= 11 is 6.14. The molecule has 5 heteroatoms. The number of halogens is 1. The summed E-state index contributed by atoms with van der Waals surface area (Å²) in [5, 5.41) is 14.4. The highest BCUT2D eigenvalue weighted by Gasteiger charge is 2.17. The number of carboxylic acid groups (broad SMARTS) is 1. The fourth-order valence-corrected chi connectivity index (χ4v) is 2.46. The molecule has 0 saturated carbocycles. The van der Waals surface area contributed by atoms with Crippen LogP contribution >= 0.6 is 11.6 Å². The Hall–Kier alpha value is -2.59. The van der Waals surface area contributed by atoms with Crippen molar-refractivity contribution in [2.24, 2.45) is 0 Å². The Bertz CT molecular complexity index is 813. The van der Waals surface area contributed by atoms with Crippen molar-refractivity contribution in [3.05, 3.63) is 76.9 Å². The van der Waals surface area contributed by atoms with Gasteiger partial charge in [-0.1, -0.05) is 60.1 Å². The number of nitrogens with zero attached hydrogens (tertiary/aromatic N) is 2. The molecule has 0 amide bonds. The van der Waals surface area contributed by atoms with Gasteiger partial charge in [0.15, 0.2) is 0 Å². The second-order valence-corrected chi connectivity index (χ2v) is 5.26. The Balaban J connectivity index is 2.01. The third-order valence-electron chi connectivity index (χ3n) is 3.33. The molecule has 110 valence electrons. The van der Waals surface area contributed by atoms with Gasteiger partial charge < -0.3 is 5.11 Å². The molecule has 0 fully saturated rings. The van der Waals surface area contributed by atoms with Gasteiger partial charge in [-0.15, -0.1) is 0 Å². The molecule has 1 aromatic heterocycles. The molecule has 0 atom stereocenters. The van der Waals surface area contributed by atoms with Gasteiger partial charge in [-0.25, -0.2) is 4.79 Å². The molecule has 1 N–H and O–H groups in total. The van der Waals surface area contributed by atoms with E-state index in [4.69, 9.17) is 11.6 Å². The number of hydrogen-bond acceptors (Lipinski definition) is 2. The van der Waals surface area contributed by atoms with Crippen molar-refractivity contribution >= 4 is 17.6 Å². The maximum Gasteiger partial charge on any atom is 0.339 e. The van der Waals surface area contributed by atoms with Crippen LogP contribution in [0.2, 0.25) is 5.02 Å². The monoisotopic (exact) mass is 312 g/mol. The van der Waals surface area contributed by atoms with Crippen molar-refractivity contribution in [2.75, 3.05) is 0 Å². The molecule has 0 saturated heterocycles. The third kappa shape index (κ3) is 2.87. The topological polar surface area (TPSA) is 55.1 Å². The van der Waals surface area contributed by atoms with Crippen molar-refractivity contribution in [1.29, 1.82) is 0 Å². The van der Waals surface area contributed by atoms with Gasteiger partial charge in [-0.2, -0.15) is 5.10 Å². The van der Waals surface area contributed by atoms with Gasteiger partial charge in [0.2, 0.25) is 0 Å². The van der Waals surface area contributed by atoms with Crippen LogP contribution in [-0.2, 0) is 6.54 Å². The number of aromatic carboxylic acids is 1. The Morgan fingerprint density at radius 3 is 2.45 bits per heavy atom. The van der Waals surface area contributed by atoms with Crippen LogP contribution < -0.4 is 0 Å². The van der Waals surface area contributed by atoms with Crippen LogP contribution in [0.3, 0.4) is 0 Å². The van der Waals surface area contributed by atoms with Gasteiger partial charge >= 0.3 is 5.97 Å². The zero-order chi connectivity index (χ0) is 15.5. The van der Waals surface area contributed by atoms with Gasteiger partial charge in [0, 0.05) is 16.8 Å². The quantitative estimate of drug-likeness (QED) is 0.793. The minimum atomic E-state index is -0.996. The smallest absolute Gasteiger partial charge is 0.339 e. The largest absolute Gasteiger partial charge is 0.478 e. The van der Waals surface area contributed by atoms with Gasteiger partial charge in [0.1, 0.15) is 11.3 Å². The van der Waals surface area contributed by atoms with E-state index in [-0.39, 0.29) is 5.56 Å². The second-order valence-electron chi connectivity index (χ2n) is 4.85. The second kappa shape index (κ2) is 6.03. The zero-order valence-electron chi connectivity index (χ0n) is 11.6. The van der Waals surface area contributed by atoms with E-state index in [2.05, 4.69) is 5.10 Å². The summed E-state index contributed by atoms with van der Waals surface area (Å²) in [6.45, 7) is 0.423. The number of rotatable bonds is 4. The van der Waals surface area contributed by atoms with Crippen LogP contribution in [0, 0.1) is 0 Å². The fraction of sp³-hybridized carbons (Fsp3) is 0.0588. The van der Waals surface area contributed by atoms with Crippen LogP contribution in [0.4, 0.5) is 0 Å². The summed E-state index contributed by atoms with van der Waals surface area (Å²) in [6, 6.07) is 16.7. The van der Waals surface area contributed by atoms with Crippen LogP contribution in [0.1, 0.15) is 15.9 Å². The highest BCUT2D eigenvalue weighted by atomic mass is 35.5. The van der Waals surface area contributed by atoms with E-state index >= 15 is 0 Å². The number of carbonyl (C=O) groups is 1. The number of aromatic nitrogens is 2. The standard InChI is InChI=1S/C17H13ClN2O2/c18-15-9-5-4-8-13(15)10-20-11-14(17(21)22)16(19-20)12-6-2-1-3-7-12/h1-9,11H,10H2,(H,21,22). The van der Waals surface area contributed by atoms with Crippen molar-refractivity contribution < 1.29 is 9.90 Å². The van der Waals surface area contributed by atoms with Crippen molar-refractivity contribution in [3.8, 4) is 11.3 Å². The Labute approximate surface area is 132 Å². The molecule has 3 rings (SSSR count). The first-order chi connectivity index (χ1) is 10.6. The molecule has 3 aromatic rings. The van der Waals surface area contributed by atoms with Gasteiger partial charge in [-0.3, -0.25) is 4.68 Å². The highest BCUT2D eigenvalue weighted by Crippen LogP contribution is 2.23. The minimum Gasteiger partial charge on any atom is -0.478 e. The molecular formula is C17H13ClN2O2. The molecule has 0 unspecified atom stereocenters. The van der Waals surface area contributed by atoms with Gasteiger partial charge in [0.05, 0.1) is 6.54 Å². The molecule has 4 nitrogen and oxygen atoms in total. The lowest BCUT2D eigenvalue weighted by atomic mass is 10.1. The van der Waals surface area contributed by atoms with E-state index in [1.54, 1.807) is 10.7 Å². The summed E-state index contributed by atoms with van der Waals surface area (Å²) in [6.07, 6.45) is 1.54. The summed E-state index contributed by atoms with van der Waals surface area (Å²) in [4.78, 5) is 11.4. The van der Waals surface area contributed by atoms with Crippen molar-refractivity contribution in [1.82, 2.24) is 9.78 Å². The lowest BCUT2D eigenvalue weighted by Crippen LogP contribution is -2.01. The van der Waals surface area contributed by atoms with Crippen molar-refractivity contribution in [3.63, 3.8) is 0 Å². The summed E-state index contributed by atoms with van der Waals surface area (Å²) in [7, 11) is 0. The van der Waals surface area contributed by atoms with Crippen LogP contribution in [-0.4, -0.2) is 20.9 Å². The Kier molecular flexibility index (Phi) is 3.94. The first kappa shape index (κ1) is 14.4. The molecule has 0 aliphatic heterocycles. The van der Waals surface area contributed by atoms with Crippen molar-refractivity contribution in [2.45, 2.75) is 6.54 Å². The molecule has 0 aliphatic rings. The van der Waals surface area contributed by atoms with Gasteiger partial charge in [0.25, 0.3) is 0 Å². The molecule has 2 aromatic carbocycles. The lowest BCUT2D eigenvalue weighted by Gasteiger charge is -2.04. The van der Waals surface area contributed by atoms with E-state index in [1.165, 1.54) is 6.20 Å². The van der Waals surface area contributed by atoms with E-state index in [0.717, 1.165) is 11.1 Å². The summed E-state index contributed by atoms with van der Waals surface area (Å²) in [5.74, 6) is -0.996. The highest BCUT2D eigenvalue weighted by molar-refractivity contribution is 6.31. The lowest BCUT2D eigenvalue weighted by molar-refractivity contribution is 0.0697. The van der Waals surface area contributed by atoms with Crippen LogP contribution in [0.15, 0.2) is 60.8 Å². The number of hydrogen-bond donors (Lipinski definition) is 1. The summed E-state index contributed by atoms with van der Waals surface area (Å²) < 4.78 is 1.60. The van der Waals surface area contributed by atoms with E-state index in [1.807, 2.05) is 48.5 Å². The molecular weight excluding hydrogens is 300 g/mol. The average molecular weight is 313 g/mol. The zero-order valence-corrected chi connectivity index (χ0v) is 12.4. The predicted molar refractivity (Wildman–Crippen MR) is 85.2 cm³/mol. The first-order valence-electron chi connectivity index (χ1n) is 6.75. The Morgan fingerprint density at radius 2 is 1.77 bits per heavy atom. The third-order valence-corrected chi connectivity index (χ3v) is 3.70. The molecule has 1 heterocycles. The fourth-order valence-electron chi connectivity index (χ4n) is 2.27. The summed E-state index contributed by atoms with van der Waals surface area (Å²) in [5.41, 5.74) is 2.31. The molecule has 0 radical (unpaired) electrons. The SMILES string of the molecule is O=C(O)c1cn(Cc2ccccc2Cl)nc1-c1ccccc1. The first-order valence-corrected chi connectivity index (χ1v) is 7.12. The Morgan fingerprint density at radius 1 is 1.09 bits per heavy atom. The number of benzene rings is 2. The maximum atomic E-state index is 11.4. The predicted octanol–water partition coefficient (Wildman–Crippen LogP) is 3.95. The van der Waals surface area contributed by atoms with Gasteiger partial charge in [-0.05, 0) is 11.6 Å². The maximum absolute atomic E-state index is 11.4. The molecule has 22 heavy (non-hydrogen) atoms. The van der Waals surface area contributed by atoms with E-state index < -0.39 is 5.97 Å². The average Bonchev–Trinajstić information content (AvgIpc) is 2.95. The van der Waals surface area contributed by atoms with E-state index in [9.17, 15) is 9.90 Å². The normalized spacial score (nSPS) is 10.6. The molecule has 0 aliphatic carbocycles. The minimum absolute atomic E-state index is 0.179. The number of carboxylic acids is 1. The molecule has 0 bridgehead atoms. The van der Waals surface area contributed by atoms with Crippen LogP contribution in [0.5, 0.6) is 0 Å². The molecule has 0 spiro atoms.